The molecule has 1 aromatic heterocycles. The van der Waals surface area contributed by atoms with Crippen LogP contribution in [0, 0.1) is 5.82 Å². The van der Waals surface area contributed by atoms with Gasteiger partial charge < -0.3 is 4.74 Å². The molecule has 0 N–H and O–H groups in total. The number of benzene rings is 3. The quantitative estimate of drug-likeness (QED) is 0.334. The molecule has 4 aromatic rings. The molecule has 3 aromatic carbocycles. The van der Waals surface area contributed by atoms with E-state index in [1.165, 1.54) is 17.7 Å². The smallest absolute Gasteiger partial charge is 0.123 e. The zero-order valence-electron chi connectivity index (χ0n) is 18.8. The monoisotopic (exact) mass is 429 g/mol. The molecule has 0 aliphatic rings. The molecule has 4 rings (SSSR count). The van der Waals surface area contributed by atoms with Gasteiger partial charge in [-0.25, -0.2) is 9.07 Å². The lowest BCUT2D eigenvalue weighted by molar-refractivity contribution is 0.296. The average Bonchev–Trinajstić information content (AvgIpc) is 3.26. The van der Waals surface area contributed by atoms with Crippen LogP contribution >= 0.6 is 0 Å². The van der Waals surface area contributed by atoms with Gasteiger partial charge in [-0.15, -0.1) is 0 Å². The first-order chi connectivity index (χ1) is 15.6. The van der Waals surface area contributed by atoms with Crippen molar-refractivity contribution in [2.24, 2.45) is 0 Å². The molecule has 0 atom stereocenters. The molecule has 0 fully saturated rings. The summed E-state index contributed by atoms with van der Waals surface area (Å²) < 4.78 is 20.7. The Morgan fingerprint density at radius 3 is 2.16 bits per heavy atom. The van der Waals surface area contributed by atoms with Gasteiger partial charge in [0.25, 0.3) is 0 Å². The summed E-state index contributed by atoms with van der Waals surface area (Å²) in [5, 5.41) is 4.75. The first-order valence-electron chi connectivity index (χ1n) is 10.9. The van der Waals surface area contributed by atoms with E-state index >= 15 is 0 Å². The normalized spacial score (nSPS) is 11.2. The molecule has 0 spiro atoms. The third kappa shape index (κ3) is 4.58. The number of hydrogen-bond acceptors (Lipinski definition) is 3. The summed E-state index contributed by atoms with van der Waals surface area (Å²) in [5.41, 5.74) is 6.28. The number of methoxy groups -OCH3 is 1. The molecule has 0 saturated heterocycles. The molecule has 5 heteroatoms. The lowest BCUT2D eigenvalue weighted by Gasteiger charge is -2.19. The van der Waals surface area contributed by atoms with Gasteiger partial charge in [0.2, 0.25) is 0 Å². The molecule has 0 aliphatic carbocycles. The van der Waals surface area contributed by atoms with E-state index < -0.39 is 0 Å². The van der Waals surface area contributed by atoms with E-state index in [1.807, 2.05) is 41.2 Å². The zero-order chi connectivity index (χ0) is 22.5. The van der Waals surface area contributed by atoms with Crippen LogP contribution in [0.5, 0.6) is 5.75 Å². The first kappa shape index (κ1) is 21.8. The minimum absolute atomic E-state index is 0.231. The van der Waals surface area contributed by atoms with Crippen molar-refractivity contribution in [1.29, 1.82) is 0 Å². The number of ether oxygens (including phenoxy) is 1. The predicted octanol–water partition coefficient (Wildman–Crippen LogP) is 6.20. The first-order valence-corrected chi connectivity index (χ1v) is 10.9. The van der Waals surface area contributed by atoms with Crippen LogP contribution in [0.25, 0.3) is 28.1 Å². The second-order valence-electron chi connectivity index (χ2n) is 7.68. The van der Waals surface area contributed by atoms with Crippen LogP contribution in [0.1, 0.15) is 19.4 Å². The summed E-state index contributed by atoms with van der Waals surface area (Å²) in [5.74, 6) is 0.585. The molecule has 32 heavy (non-hydrogen) atoms. The maximum absolute atomic E-state index is 13.3. The highest BCUT2D eigenvalue weighted by atomic mass is 19.1. The summed E-state index contributed by atoms with van der Waals surface area (Å²) in [6.45, 7) is 7.13. The molecular formula is C27H28FN3O. The van der Waals surface area contributed by atoms with Crippen LogP contribution in [-0.4, -0.2) is 34.9 Å². The van der Waals surface area contributed by atoms with Gasteiger partial charge in [-0.2, -0.15) is 5.10 Å². The molecule has 0 unspecified atom stereocenters. The van der Waals surface area contributed by atoms with E-state index in [2.05, 4.69) is 36.9 Å². The molecule has 0 bridgehead atoms. The lowest BCUT2D eigenvalue weighted by Crippen LogP contribution is -2.22. The van der Waals surface area contributed by atoms with E-state index in [4.69, 9.17) is 9.84 Å². The van der Waals surface area contributed by atoms with Gasteiger partial charge in [-0.3, -0.25) is 4.90 Å². The summed E-state index contributed by atoms with van der Waals surface area (Å²) in [6, 6.07) is 22.8. The van der Waals surface area contributed by atoms with E-state index in [9.17, 15) is 4.39 Å². The van der Waals surface area contributed by atoms with Crippen LogP contribution in [0.4, 0.5) is 4.39 Å². The second-order valence-corrected chi connectivity index (χ2v) is 7.68. The maximum atomic E-state index is 13.3. The molecule has 0 radical (unpaired) electrons. The summed E-state index contributed by atoms with van der Waals surface area (Å²) >= 11 is 0. The Morgan fingerprint density at radius 2 is 1.53 bits per heavy atom. The molecule has 164 valence electrons. The molecule has 0 aliphatic heterocycles. The summed E-state index contributed by atoms with van der Waals surface area (Å²) in [6.07, 6.45) is 1.96. The predicted molar refractivity (Wildman–Crippen MR) is 128 cm³/mol. The number of rotatable bonds is 8. The molecule has 0 saturated carbocycles. The van der Waals surface area contributed by atoms with Crippen LogP contribution in [0.15, 0.2) is 79.0 Å². The van der Waals surface area contributed by atoms with Gasteiger partial charge in [-0.1, -0.05) is 50.2 Å². The van der Waals surface area contributed by atoms with Crippen molar-refractivity contribution >= 4 is 0 Å². The van der Waals surface area contributed by atoms with Gasteiger partial charge >= 0.3 is 0 Å². The van der Waals surface area contributed by atoms with Gasteiger partial charge in [0, 0.05) is 17.7 Å². The molecule has 0 amide bonds. The van der Waals surface area contributed by atoms with Crippen LogP contribution in [-0.2, 0) is 6.54 Å². The average molecular weight is 430 g/mol. The SMILES string of the molecule is CCN(CC)Cc1cnn(-c2ccc(-c3ccc(F)cc3)cc2)c1-c1cccc(OC)c1. The molecule has 4 nitrogen and oxygen atoms in total. The Hall–Kier alpha value is -3.44. The Bertz CT molecular complexity index is 1160. The van der Waals surface area contributed by atoms with E-state index in [1.54, 1.807) is 19.2 Å². The van der Waals surface area contributed by atoms with Crippen molar-refractivity contribution in [3.05, 3.63) is 90.4 Å². The Labute approximate surface area is 188 Å². The molecular weight excluding hydrogens is 401 g/mol. The number of nitrogens with zero attached hydrogens (tertiary/aromatic N) is 3. The van der Waals surface area contributed by atoms with Crippen molar-refractivity contribution in [2.75, 3.05) is 20.2 Å². The minimum Gasteiger partial charge on any atom is -0.497 e. The van der Waals surface area contributed by atoms with Gasteiger partial charge in [0.05, 0.1) is 24.7 Å². The lowest BCUT2D eigenvalue weighted by atomic mass is 10.0. The third-order valence-electron chi connectivity index (χ3n) is 5.77. The van der Waals surface area contributed by atoms with Gasteiger partial charge in [-0.05, 0) is 60.6 Å². The van der Waals surface area contributed by atoms with E-state index in [-0.39, 0.29) is 5.82 Å². The largest absolute Gasteiger partial charge is 0.497 e. The highest BCUT2D eigenvalue weighted by Gasteiger charge is 2.17. The Kier molecular flexibility index (Phi) is 6.66. The highest BCUT2D eigenvalue weighted by molar-refractivity contribution is 5.69. The Morgan fingerprint density at radius 1 is 0.875 bits per heavy atom. The number of halogens is 1. The number of hydrogen-bond donors (Lipinski definition) is 0. The van der Waals surface area contributed by atoms with Crippen molar-refractivity contribution < 1.29 is 9.13 Å². The van der Waals surface area contributed by atoms with E-state index in [0.717, 1.165) is 53.5 Å². The summed E-state index contributed by atoms with van der Waals surface area (Å²) in [4.78, 5) is 2.38. The van der Waals surface area contributed by atoms with Crippen LogP contribution in [0.3, 0.4) is 0 Å². The topological polar surface area (TPSA) is 30.3 Å². The number of aromatic nitrogens is 2. The minimum atomic E-state index is -0.231. The fraction of sp³-hybridized carbons (Fsp3) is 0.222. The fourth-order valence-corrected chi connectivity index (χ4v) is 3.90. The summed E-state index contributed by atoms with van der Waals surface area (Å²) in [7, 11) is 1.68. The van der Waals surface area contributed by atoms with Gasteiger partial charge in [0.1, 0.15) is 11.6 Å². The third-order valence-corrected chi connectivity index (χ3v) is 5.77. The maximum Gasteiger partial charge on any atom is 0.123 e. The van der Waals surface area contributed by atoms with Crippen molar-refractivity contribution in [3.63, 3.8) is 0 Å². The van der Waals surface area contributed by atoms with Crippen LogP contribution < -0.4 is 4.74 Å². The molecule has 1 heterocycles. The van der Waals surface area contributed by atoms with E-state index in [0.29, 0.717) is 0 Å². The standard InChI is InChI=1S/C27H28FN3O/c1-4-30(5-2)19-23-18-29-31(27(23)22-7-6-8-26(17-22)32-3)25-15-11-21(12-16-25)20-9-13-24(28)14-10-20/h6-18H,4-5,19H2,1-3H3. The fourth-order valence-electron chi connectivity index (χ4n) is 3.90. The zero-order valence-corrected chi connectivity index (χ0v) is 18.8. The highest BCUT2D eigenvalue weighted by Crippen LogP contribution is 2.31. The van der Waals surface area contributed by atoms with Crippen molar-refractivity contribution in [3.8, 4) is 33.8 Å². The Balaban J connectivity index is 1.76. The second kappa shape index (κ2) is 9.79. The van der Waals surface area contributed by atoms with Gasteiger partial charge in [0.15, 0.2) is 0 Å². The van der Waals surface area contributed by atoms with Crippen LogP contribution in [0.2, 0.25) is 0 Å². The van der Waals surface area contributed by atoms with Crippen molar-refractivity contribution in [2.45, 2.75) is 20.4 Å². The van der Waals surface area contributed by atoms with Crippen molar-refractivity contribution in [1.82, 2.24) is 14.7 Å².